The van der Waals surface area contributed by atoms with Crippen LogP contribution < -0.4 is 10.6 Å². The van der Waals surface area contributed by atoms with Crippen LogP contribution in [0.15, 0.2) is 36.7 Å². The van der Waals surface area contributed by atoms with Crippen molar-refractivity contribution in [1.82, 2.24) is 9.88 Å². The predicted molar refractivity (Wildman–Crippen MR) is 86.6 cm³/mol. The maximum absolute atomic E-state index is 11.8. The molecule has 1 amide bonds. The van der Waals surface area contributed by atoms with E-state index in [1.807, 2.05) is 25.1 Å². The third kappa shape index (κ3) is 3.66. The Morgan fingerprint density at radius 3 is 2.81 bits per heavy atom. The van der Waals surface area contributed by atoms with Gasteiger partial charge in [-0.2, -0.15) is 0 Å². The van der Waals surface area contributed by atoms with Gasteiger partial charge in [0.15, 0.2) is 0 Å². The highest BCUT2D eigenvalue weighted by molar-refractivity contribution is 5.96. The van der Waals surface area contributed by atoms with Gasteiger partial charge in [-0.3, -0.25) is 4.79 Å². The summed E-state index contributed by atoms with van der Waals surface area (Å²) in [4.78, 5) is 11.8. The van der Waals surface area contributed by atoms with E-state index in [9.17, 15) is 4.79 Å². The molecule has 21 heavy (non-hydrogen) atoms. The number of nitrogens with one attached hydrogen (secondary N) is 2. The Bertz CT molecular complexity index is 616. The summed E-state index contributed by atoms with van der Waals surface area (Å²) < 4.78 is 2.20. The number of amides is 1. The first-order chi connectivity index (χ1) is 10.2. The molecule has 2 rings (SSSR count). The molecular formula is C17H23N3O. The largest absolute Gasteiger partial charge is 0.381 e. The Balaban J connectivity index is 2.07. The van der Waals surface area contributed by atoms with E-state index in [1.165, 1.54) is 5.56 Å². The molecule has 0 saturated heterocycles. The van der Waals surface area contributed by atoms with Crippen molar-refractivity contribution in [2.75, 3.05) is 12.4 Å². The highest BCUT2D eigenvalue weighted by atomic mass is 16.1. The third-order valence-electron chi connectivity index (χ3n) is 3.58. The molecular weight excluding hydrogens is 262 g/mol. The second kappa shape index (κ2) is 6.97. The molecule has 112 valence electrons. The molecule has 2 N–H and O–H groups in total. The number of hydrogen-bond donors (Lipinski definition) is 2. The number of benzene rings is 1. The fraction of sp³-hybridized carbons (Fsp3) is 0.353. The quantitative estimate of drug-likeness (QED) is 0.856. The van der Waals surface area contributed by atoms with Gasteiger partial charge in [0.05, 0.1) is 0 Å². The van der Waals surface area contributed by atoms with Crippen molar-refractivity contribution in [1.29, 1.82) is 0 Å². The van der Waals surface area contributed by atoms with Crippen LogP contribution in [0.3, 0.4) is 0 Å². The van der Waals surface area contributed by atoms with Gasteiger partial charge in [-0.05, 0) is 42.7 Å². The van der Waals surface area contributed by atoms with Crippen LogP contribution in [0.2, 0.25) is 0 Å². The predicted octanol–water partition coefficient (Wildman–Crippen LogP) is 3.18. The number of hydrogen-bond acceptors (Lipinski definition) is 2. The second-order valence-corrected chi connectivity index (χ2v) is 5.17. The number of rotatable bonds is 6. The van der Waals surface area contributed by atoms with Crippen LogP contribution in [-0.4, -0.2) is 17.5 Å². The average molecular weight is 285 g/mol. The Hall–Kier alpha value is -2.23. The lowest BCUT2D eigenvalue weighted by molar-refractivity contribution is 0.0962. The number of anilines is 1. The molecule has 1 aromatic heterocycles. The van der Waals surface area contributed by atoms with Crippen LogP contribution in [0.4, 0.5) is 5.69 Å². The van der Waals surface area contributed by atoms with Gasteiger partial charge in [-0.25, -0.2) is 0 Å². The molecule has 0 radical (unpaired) electrons. The van der Waals surface area contributed by atoms with E-state index >= 15 is 0 Å². The first kappa shape index (κ1) is 15.2. The number of carbonyl (C=O) groups is 1. The lowest BCUT2D eigenvalue weighted by Gasteiger charge is -2.12. The Morgan fingerprint density at radius 1 is 1.29 bits per heavy atom. The molecule has 1 aromatic carbocycles. The number of nitrogens with zero attached hydrogens (tertiary/aromatic N) is 1. The lowest BCUT2D eigenvalue weighted by Crippen LogP contribution is -2.19. The summed E-state index contributed by atoms with van der Waals surface area (Å²) in [6, 6.07) is 7.88. The highest BCUT2D eigenvalue weighted by Crippen LogP contribution is 2.19. The molecule has 0 aliphatic heterocycles. The molecule has 1 heterocycles. The smallest absolute Gasteiger partial charge is 0.251 e. The molecule has 0 aliphatic carbocycles. The number of aryl methyl sites for hydroxylation is 1. The molecule has 0 spiro atoms. The first-order valence-electron chi connectivity index (χ1n) is 7.36. The molecule has 0 bridgehead atoms. The zero-order valence-corrected chi connectivity index (χ0v) is 12.9. The Morgan fingerprint density at radius 2 is 2.10 bits per heavy atom. The maximum Gasteiger partial charge on any atom is 0.251 e. The van der Waals surface area contributed by atoms with Gasteiger partial charge in [0.25, 0.3) is 5.91 Å². The molecule has 4 heteroatoms. The number of aromatic nitrogens is 1. The molecule has 0 aliphatic rings. The summed E-state index contributed by atoms with van der Waals surface area (Å²) in [5, 5.41) is 6.08. The van der Waals surface area contributed by atoms with Gasteiger partial charge in [0, 0.05) is 43.8 Å². The van der Waals surface area contributed by atoms with Crippen LogP contribution >= 0.6 is 0 Å². The van der Waals surface area contributed by atoms with E-state index in [0.29, 0.717) is 5.56 Å². The van der Waals surface area contributed by atoms with Gasteiger partial charge in [-0.15, -0.1) is 0 Å². The Kier molecular flexibility index (Phi) is 5.04. The summed E-state index contributed by atoms with van der Waals surface area (Å²) >= 11 is 0. The lowest BCUT2D eigenvalue weighted by atomic mass is 10.1. The highest BCUT2D eigenvalue weighted by Gasteiger charge is 2.09. The summed E-state index contributed by atoms with van der Waals surface area (Å²) in [5.41, 5.74) is 3.93. The second-order valence-electron chi connectivity index (χ2n) is 5.17. The number of carbonyl (C=O) groups excluding carboxylic acids is 1. The van der Waals surface area contributed by atoms with Crippen molar-refractivity contribution in [3.8, 4) is 0 Å². The van der Waals surface area contributed by atoms with E-state index < -0.39 is 0 Å². The standard InChI is InChI=1S/C17H23N3O/c1-4-9-20-10-8-14(12-20)11-19-16-7-5-6-15(13(16)2)17(21)18-3/h5-8,10,12,19H,4,9,11H2,1-3H3,(H,18,21). The Labute approximate surface area is 126 Å². The minimum absolute atomic E-state index is 0.0507. The average Bonchev–Trinajstić information content (AvgIpc) is 2.93. The van der Waals surface area contributed by atoms with Gasteiger partial charge in [0.1, 0.15) is 0 Å². The third-order valence-corrected chi connectivity index (χ3v) is 3.58. The summed E-state index contributed by atoms with van der Waals surface area (Å²) in [5.74, 6) is -0.0507. The molecule has 2 aromatic rings. The van der Waals surface area contributed by atoms with E-state index in [2.05, 4.69) is 40.6 Å². The van der Waals surface area contributed by atoms with Gasteiger partial charge >= 0.3 is 0 Å². The molecule has 0 fully saturated rings. The van der Waals surface area contributed by atoms with Crippen molar-refractivity contribution in [3.63, 3.8) is 0 Å². The summed E-state index contributed by atoms with van der Waals surface area (Å²) in [6.07, 6.45) is 5.40. The molecule has 0 atom stereocenters. The fourth-order valence-corrected chi connectivity index (χ4v) is 2.40. The van der Waals surface area contributed by atoms with Crippen molar-refractivity contribution < 1.29 is 4.79 Å². The van der Waals surface area contributed by atoms with Crippen molar-refractivity contribution in [2.45, 2.75) is 33.4 Å². The summed E-state index contributed by atoms with van der Waals surface area (Å²) in [6.45, 7) is 5.95. The monoisotopic (exact) mass is 285 g/mol. The first-order valence-corrected chi connectivity index (χ1v) is 7.36. The van der Waals surface area contributed by atoms with Gasteiger partial charge in [-0.1, -0.05) is 13.0 Å². The van der Waals surface area contributed by atoms with Crippen molar-refractivity contribution in [3.05, 3.63) is 53.3 Å². The maximum atomic E-state index is 11.8. The van der Waals surface area contributed by atoms with Gasteiger partial charge < -0.3 is 15.2 Å². The van der Waals surface area contributed by atoms with Crippen LogP contribution in [0.1, 0.15) is 34.8 Å². The van der Waals surface area contributed by atoms with Crippen LogP contribution in [0, 0.1) is 6.92 Å². The van der Waals surface area contributed by atoms with Crippen molar-refractivity contribution in [2.24, 2.45) is 0 Å². The SMILES string of the molecule is CCCn1ccc(CNc2cccc(C(=O)NC)c2C)c1. The van der Waals surface area contributed by atoms with E-state index in [1.54, 1.807) is 7.05 Å². The minimum Gasteiger partial charge on any atom is -0.381 e. The van der Waals surface area contributed by atoms with E-state index in [0.717, 1.165) is 30.8 Å². The molecule has 0 unspecified atom stereocenters. The zero-order chi connectivity index (χ0) is 15.2. The molecule has 0 saturated carbocycles. The summed E-state index contributed by atoms with van der Waals surface area (Å²) in [7, 11) is 1.65. The minimum atomic E-state index is -0.0507. The van der Waals surface area contributed by atoms with Crippen molar-refractivity contribution >= 4 is 11.6 Å². The van der Waals surface area contributed by atoms with E-state index in [-0.39, 0.29) is 5.91 Å². The molecule has 4 nitrogen and oxygen atoms in total. The van der Waals surface area contributed by atoms with Crippen LogP contribution in [0.25, 0.3) is 0 Å². The zero-order valence-electron chi connectivity index (χ0n) is 12.9. The van der Waals surface area contributed by atoms with Crippen LogP contribution in [-0.2, 0) is 13.1 Å². The fourth-order valence-electron chi connectivity index (χ4n) is 2.40. The normalized spacial score (nSPS) is 10.4. The van der Waals surface area contributed by atoms with Crippen LogP contribution in [0.5, 0.6) is 0 Å². The van der Waals surface area contributed by atoms with E-state index in [4.69, 9.17) is 0 Å². The van der Waals surface area contributed by atoms with Gasteiger partial charge in [0.2, 0.25) is 0 Å². The topological polar surface area (TPSA) is 46.1 Å².